The number of likely N-dealkylation sites (tertiary alicyclic amines) is 1. The van der Waals surface area contributed by atoms with Crippen LogP contribution in [0.5, 0.6) is 0 Å². The second-order valence-electron chi connectivity index (χ2n) is 4.98. The minimum Gasteiger partial charge on any atom is -0.369 e. The number of nitrogens with zero attached hydrogens (tertiary/aromatic N) is 1. The molecule has 1 saturated heterocycles. The van der Waals surface area contributed by atoms with Crippen molar-refractivity contribution in [3.63, 3.8) is 0 Å². The first-order chi connectivity index (χ1) is 5.99. The van der Waals surface area contributed by atoms with Gasteiger partial charge in [-0.05, 0) is 18.8 Å². The molecule has 1 heterocycles. The Morgan fingerprint density at radius 1 is 1.54 bits per heavy atom. The number of hydrogen-bond donors (Lipinski definition) is 0. The van der Waals surface area contributed by atoms with E-state index in [1.807, 2.05) is 0 Å². The highest BCUT2D eigenvalue weighted by molar-refractivity contribution is 7.80. The van der Waals surface area contributed by atoms with Gasteiger partial charge in [0.05, 0.1) is 12.8 Å². The molecule has 1 aliphatic heterocycles. The molecular formula is C10H16BNS. The normalized spacial score (nSPS) is 45.1. The van der Waals surface area contributed by atoms with E-state index >= 15 is 0 Å². The van der Waals surface area contributed by atoms with Gasteiger partial charge in [-0.3, -0.25) is 0 Å². The lowest BCUT2D eigenvalue weighted by Crippen LogP contribution is -2.39. The molecule has 0 aromatic carbocycles. The van der Waals surface area contributed by atoms with Crippen LogP contribution >= 0.6 is 12.2 Å². The number of fused-ring (bicyclic) bond motifs is 1. The minimum atomic E-state index is 0.0323. The molecule has 70 valence electrons. The third kappa shape index (κ3) is 1.63. The summed E-state index contributed by atoms with van der Waals surface area (Å²) in [7, 11) is 8.27. The highest BCUT2D eigenvalue weighted by Gasteiger charge is 2.43. The first-order valence-corrected chi connectivity index (χ1v) is 5.44. The SMILES string of the molecule is [B]C1(C)CC2CCN(C)C(=S)C2C1. The summed E-state index contributed by atoms with van der Waals surface area (Å²) in [6.07, 6.45) is 3.51. The van der Waals surface area contributed by atoms with E-state index in [0.29, 0.717) is 5.92 Å². The third-order valence-corrected chi connectivity index (χ3v) is 4.13. The van der Waals surface area contributed by atoms with Gasteiger partial charge in [0.15, 0.2) is 0 Å². The maximum absolute atomic E-state index is 6.17. The second-order valence-corrected chi connectivity index (χ2v) is 5.40. The summed E-state index contributed by atoms with van der Waals surface area (Å²) in [5.41, 5.74) is 0. The quantitative estimate of drug-likeness (QED) is 0.427. The van der Waals surface area contributed by atoms with Gasteiger partial charge in [0, 0.05) is 19.5 Å². The van der Waals surface area contributed by atoms with Crippen molar-refractivity contribution in [3.05, 3.63) is 0 Å². The average molecular weight is 193 g/mol. The van der Waals surface area contributed by atoms with Gasteiger partial charge in [-0.1, -0.05) is 30.9 Å². The predicted octanol–water partition coefficient (Wildman–Crippen LogP) is 2.02. The largest absolute Gasteiger partial charge is 0.369 e. The maximum atomic E-state index is 6.17. The van der Waals surface area contributed by atoms with E-state index in [-0.39, 0.29) is 5.31 Å². The monoisotopic (exact) mass is 193 g/mol. The molecule has 2 radical (unpaired) electrons. The molecule has 2 fully saturated rings. The lowest BCUT2D eigenvalue weighted by molar-refractivity contribution is 0.316. The Bertz CT molecular complexity index is 239. The van der Waals surface area contributed by atoms with Gasteiger partial charge in [-0.2, -0.15) is 0 Å². The standard InChI is InChI=1S/C10H16BNS/c1-10(11)5-7-3-4-12(2)9(13)8(7)6-10/h7-8H,3-6H2,1-2H3. The molecule has 3 unspecified atom stereocenters. The lowest BCUT2D eigenvalue weighted by atomic mass is 9.68. The Kier molecular flexibility index (Phi) is 2.18. The predicted molar refractivity (Wildman–Crippen MR) is 60.2 cm³/mol. The van der Waals surface area contributed by atoms with E-state index in [2.05, 4.69) is 18.9 Å². The van der Waals surface area contributed by atoms with E-state index in [1.54, 1.807) is 0 Å². The molecule has 2 rings (SSSR count). The molecule has 0 aromatic rings. The topological polar surface area (TPSA) is 3.24 Å². The van der Waals surface area contributed by atoms with Crippen molar-refractivity contribution in [1.82, 2.24) is 4.90 Å². The van der Waals surface area contributed by atoms with E-state index in [9.17, 15) is 0 Å². The Balaban J connectivity index is 2.15. The molecule has 0 aromatic heterocycles. The number of piperidine rings is 1. The van der Waals surface area contributed by atoms with Crippen LogP contribution in [-0.4, -0.2) is 31.3 Å². The third-order valence-electron chi connectivity index (χ3n) is 3.51. The van der Waals surface area contributed by atoms with E-state index in [4.69, 9.17) is 20.1 Å². The Morgan fingerprint density at radius 2 is 2.23 bits per heavy atom. The highest BCUT2D eigenvalue weighted by Crippen LogP contribution is 2.51. The van der Waals surface area contributed by atoms with Crippen LogP contribution in [0.2, 0.25) is 5.31 Å². The molecule has 2 aliphatic rings. The minimum absolute atomic E-state index is 0.0323. The van der Waals surface area contributed by atoms with Crippen molar-refractivity contribution >= 4 is 25.1 Å². The fourth-order valence-corrected chi connectivity index (χ4v) is 3.21. The van der Waals surface area contributed by atoms with E-state index < -0.39 is 0 Å². The number of thiocarbonyl (C=S) groups is 1. The van der Waals surface area contributed by atoms with Crippen molar-refractivity contribution in [2.24, 2.45) is 11.8 Å². The van der Waals surface area contributed by atoms with Crippen LogP contribution in [0.25, 0.3) is 0 Å². The summed E-state index contributed by atoms with van der Waals surface area (Å²) in [6, 6.07) is 0. The van der Waals surface area contributed by atoms with Crippen molar-refractivity contribution in [3.8, 4) is 0 Å². The molecule has 1 aliphatic carbocycles. The van der Waals surface area contributed by atoms with Crippen LogP contribution in [0.1, 0.15) is 26.2 Å². The second kappa shape index (κ2) is 2.98. The van der Waals surface area contributed by atoms with Crippen LogP contribution < -0.4 is 0 Å². The smallest absolute Gasteiger partial charge is 0.0810 e. The Labute approximate surface area is 87.3 Å². The fourth-order valence-electron chi connectivity index (χ4n) is 2.84. The van der Waals surface area contributed by atoms with Gasteiger partial charge < -0.3 is 4.90 Å². The highest BCUT2D eigenvalue weighted by atomic mass is 32.1. The molecule has 0 spiro atoms. The molecule has 3 heteroatoms. The van der Waals surface area contributed by atoms with Gasteiger partial charge >= 0.3 is 0 Å². The zero-order valence-electron chi connectivity index (χ0n) is 8.42. The van der Waals surface area contributed by atoms with Crippen LogP contribution in [0.3, 0.4) is 0 Å². The molecule has 0 amide bonds. The molecule has 1 saturated carbocycles. The van der Waals surface area contributed by atoms with Crippen molar-refractivity contribution in [2.75, 3.05) is 13.6 Å². The van der Waals surface area contributed by atoms with Crippen molar-refractivity contribution < 1.29 is 0 Å². The van der Waals surface area contributed by atoms with Gasteiger partial charge in [0.2, 0.25) is 0 Å². The zero-order valence-corrected chi connectivity index (χ0v) is 9.23. The number of rotatable bonds is 0. The van der Waals surface area contributed by atoms with Gasteiger partial charge in [-0.15, -0.1) is 0 Å². The van der Waals surface area contributed by atoms with Crippen LogP contribution in [0.15, 0.2) is 0 Å². The van der Waals surface area contributed by atoms with Crippen molar-refractivity contribution in [1.29, 1.82) is 0 Å². The van der Waals surface area contributed by atoms with Gasteiger partial charge in [0.1, 0.15) is 0 Å². The summed E-state index contributed by atoms with van der Waals surface area (Å²) >= 11 is 5.44. The summed E-state index contributed by atoms with van der Waals surface area (Å²) in [5.74, 6) is 1.35. The van der Waals surface area contributed by atoms with Gasteiger partial charge in [0.25, 0.3) is 0 Å². The Hall–Kier alpha value is -0.0451. The lowest BCUT2D eigenvalue weighted by Gasteiger charge is -2.34. The zero-order chi connectivity index (χ0) is 9.64. The molecule has 3 atom stereocenters. The molecule has 0 N–H and O–H groups in total. The fraction of sp³-hybridized carbons (Fsp3) is 0.900. The van der Waals surface area contributed by atoms with Crippen LogP contribution in [0.4, 0.5) is 0 Å². The summed E-state index contributed by atoms with van der Waals surface area (Å²) < 4.78 is 0. The van der Waals surface area contributed by atoms with Crippen molar-refractivity contribution in [2.45, 2.75) is 31.5 Å². The first kappa shape index (κ1) is 9.51. The summed E-state index contributed by atoms with van der Waals surface area (Å²) in [6.45, 7) is 3.28. The van der Waals surface area contributed by atoms with E-state index in [0.717, 1.165) is 30.3 Å². The van der Waals surface area contributed by atoms with Crippen LogP contribution in [0, 0.1) is 11.8 Å². The molecule has 0 bridgehead atoms. The Morgan fingerprint density at radius 3 is 2.92 bits per heavy atom. The first-order valence-electron chi connectivity index (χ1n) is 5.03. The summed E-state index contributed by atoms with van der Waals surface area (Å²) in [5, 5.41) is 0.0323. The molecular weight excluding hydrogens is 177 g/mol. The van der Waals surface area contributed by atoms with Crippen LogP contribution in [-0.2, 0) is 0 Å². The van der Waals surface area contributed by atoms with Gasteiger partial charge in [-0.25, -0.2) is 0 Å². The molecule has 1 nitrogen and oxygen atoms in total. The summed E-state index contributed by atoms with van der Waals surface area (Å²) in [4.78, 5) is 3.36. The molecule has 13 heavy (non-hydrogen) atoms. The number of hydrogen-bond acceptors (Lipinski definition) is 1. The average Bonchev–Trinajstić information content (AvgIpc) is 2.34. The maximum Gasteiger partial charge on any atom is 0.0810 e. The van der Waals surface area contributed by atoms with E-state index in [1.165, 1.54) is 6.42 Å².